The molecule has 0 amide bonds. The fraction of sp³-hybridized carbons (Fsp3) is 0.360. The lowest BCUT2D eigenvalue weighted by atomic mass is 10.0. The van der Waals surface area contributed by atoms with Crippen LogP contribution in [0.25, 0.3) is 21.9 Å². The Morgan fingerprint density at radius 1 is 1.16 bits per heavy atom. The molecule has 2 aromatic carbocycles. The largest absolute Gasteiger partial charge is 0.481 e. The predicted molar refractivity (Wildman–Crippen MR) is 124 cm³/mol. The molecule has 0 aliphatic heterocycles. The van der Waals surface area contributed by atoms with Crippen LogP contribution >= 0.6 is 0 Å². The zero-order valence-electron chi connectivity index (χ0n) is 18.5. The zero-order valence-corrected chi connectivity index (χ0v) is 18.5. The summed E-state index contributed by atoms with van der Waals surface area (Å²) in [5, 5.41) is 10.8. The molecule has 0 saturated heterocycles. The van der Waals surface area contributed by atoms with Crippen LogP contribution in [0, 0.1) is 19.8 Å². The molecule has 4 rings (SSSR count). The molecular formula is C25H29N3O3. The molecule has 2 unspecified atom stereocenters. The fourth-order valence-corrected chi connectivity index (χ4v) is 4.81. The molecule has 2 N–H and O–H groups in total. The fourth-order valence-electron chi connectivity index (χ4n) is 4.81. The van der Waals surface area contributed by atoms with Gasteiger partial charge in [-0.15, -0.1) is 0 Å². The van der Waals surface area contributed by atoms with E-state index in [1.54, 1.807) is 9.13 Å². The van der Waals surface area contributed by atoms with Crippen LogP contribution in [0.15, 0.2) is 47.4 Å². The van der Waals surface area contributed by atoms with Gasteiger partial charge in [-0.3, -0.25) is 13.9 Å². The number of hydrogen-bond donors (Lipinski definition) is 2. The molecule has 162 valence electrons. The molecule has 6 heteroatoms. The van der Waals surface area contributed by atoms with E-state index in [1.807, 2.05) is 44.3 Å². The van der Waals surface area contributed by atoms with Crippen LogP contribution in [0.5, 0.6) is 0 Å². The molecule has 0 spiro atoms. The molecule has 0 bridgehead atoms. The van der Waals surface area contributed by atoms with Crippen LogP contribution in [0.3, 0.4) is 0 Å². The lowest BCUT2D eigenvalue weighted by Crippen LogP contribution is -2.31. The van der Waals surface area contributed by atoms with Crippen molar-refractivity contribution in [3.05, 3.63) is 69.8 Å². The molecule has 2 atom stereocenters. The number of carbonyl (C=O) groups is 1. The standard InChI is InChI=1S/C25H29N3O3/c1-5-8-18(24(29)30)14-27-21-9-6-7-10-22(21)28(25(27)31)17(4)19-13-26-20-12-15(2)11-16(3)23(19)20/h6-7,9-13,17-18,26H,5,8,14H2,1-4H3,(H,29,30). The number of imidazole rings is 1. The Labute approximate surface area is 181 Å². The minimum Gasteiger partial charge on any atom is -0.481 e. The van der Waals surface area contributed by atoms with Gasteiger partial charge < -0.3 is 10.1 Å². The van der Waals surface area contributed by atoms with Gasteiger partial charge in [0.25, 0.3) is 0 Å². The third-order valence-corrected chi connectivity index (χ3v) is 6.25. The number of aliphatic carboxylic acids is 1. The van der Waals surface area contributed by atoms with Crippen molar-refractivity contribution in [1.29, 1.82) is 0 Å². The quantitative estimate of drug-likeness (QED) is 0.442. The normalized spacial score (nSPS) is 13.7. The highest BCUT2D eigenvalue weighted by molar-refractivity contribution is 5.88. The second kappa shape index (κ2) is 8.10. The van der Waals surface area contributed by atoms with Gasteiger partial charge in [0.2, 0.25) is 0 Å². The van der Waals surface area contributed by atoms with Crippen molar-refractivity contribution in [2.45, 2.75) is 53.1 Å². The number of hydrogen-bond acceptors (Lipinski definition) is 2. The number of carboxylic acid groups (broad SMARTS) is 1. The first-order valence-electron chi connectivity index (χ1n) is 10.8. The summed E-state index contributed by atoms with van der Waals surface area (Å²) in [6, 6.07) is 11.7. The Balaban J connectivity index is 1.88. The molecule has 0 saturated carbocycles. The van der Waals surface area contributed by atoms with Crippen LogP contribution in [-0.4, -0.2) is 25.2 Å². The van der Waals surface area contributed by atoms with E-state index in [0.717, 1.165) is 33.9 Å². The molecule has 2 aromatic heterocycles. The van der Waals surface area contributed by atoms with E-state index in [9.17, 15) is 14.7 Å². The Morgan fingerprint density at radius 2 is 1.87 bits per heavy atom. The maximum atomic E-state index is 13.6. The van der Waals surface area contributed by atoms with Gasteiger partial charge in [0, 0.05) is 29.2 Å². The highest BCUT2D eigenvalue weighted by atomic mass is 16.4. The molecule has 31 heavy (non-hydrogen) atoms. The van der Waals surface area contributed by atoms with Gasteiger partial charge in [0.15, 0.2) is 0 Å². The summed E-state index contributed by atoms with van der Waals surface area (Å²) >= 11 is 0. The molecular weight excluding hydrogens is 390 g/mol. The number of fused-ring (bicyclic) bond motifs is 2. The molecule has 0 radical (unpaired) electrons. The average molecular weight is 420 g/mol. The smallest absolute Gasteiger partial charge is 0.329 e. The zero-order chi connectivity index (χ0) is 22.3. The van der Waals surface area contributed by atoms with Gasteiger partial charge >= 0.3 is 11.7 Å². The first kappa shape index (κ1) is 21.0. The summed E-state index contributed by atoms with van der Waals surface area (Å²) in [4.78, 5) is 28.7. The van der Waals surface area contributed by atoms with Crippen molar-refractivity contribution < 1.29 is 9.90 Å². The summed E-state index contributed by atoms with van der Waals surface area (Å²) in [6.45, 7) is 8.33. The van der Waals surface area contributed by atoms with E-state index in [0.29, 0.717) is 6.42 Å². The van der Waals surface area contributed by atoms with E-state index in [-0.39, 0.29) is 18.3 Å². The van der Waals surface area contributed by atoms with Gasteiger partial charge in [0.05, 0.1) is 23.0 Å². The number of H-pyrrole nitrogens is 1. The number of rotatable bonds is 7. The van der Waals surface area contributed by atoms with E-state index >= 15 is 0 Å². The number of nitrogens with zero attached hydrogens (tertiary/aromatic N) is 2. The van der Waals surface area contributed by atoms with E-state index in [1.165, 1.54) is 11.1 Å². The lowest BCUT2D eigenvalue weighted by Gasteiger charge is -2.15. The lowest BCUT2D eigenvalue weighted by molar-refractivity contribution is -0.142. The summed E-state index contributed by atoms with van der Waals surface area (Å²) < 4.78 is 3.42. The molecule has 0 fully saturated rings. The Morgan fingerprint density at radius 3 is 2.55 bits per heavy atom. The first-order chi connectivity index (χ1) is 14.8. The minimum absolute atomic E-state index is 0.171. The number of nitrogens with one attached hydrogen (secondary N) is 1. The van der Waals surface area contributed by atoms with Gasteiger partial charge in [-0.05, 0) is 56.5 Å². The van der Waals surface area contributed by atoms with Crippen molar-refractivity contribution in [3.8, 4) is 0 Å². The van der Waals surface area contributed by atoms with E-state index < -0.39 is 11.9 Å². The van der Waals surface area contributed by atoms with Gasteiger partial charge in [-0.1, -0.05) is 31.5 Å². The van der Waals surface area contributed by atoms with Crippen LogP contribution in [0.4, 0.5) is 0 Å². The summed E-state index contributed by atoms with van der Waals surface area (Å²) in [5.41, 5.74) is 5.90. The Kier molecular flexibility index (Phi) is 5.48. The molecule has 0 aliphatic carbocycles. The predicted octanol–water partition coefficient (Wildman–Crippen LogP) is 5.01. The molecule has 4 aromatic rings. The number of carboxylic acids is 1. The Hall–Kier alpha value is -3.28. The second-order valence-corrected chi connectivity index (χ2v) is 8.50. The maximum absolute atomic E-state index is 13.6. The van der Waals surface area contributed by atoms with Crippen LogP contribution in [0.2, 0.25) is 0 Å². The highest BCUT2D eigenvalue weighted by Crippen LogP contribution is 2.31. The van der Waals surface area contributed by atoms with Gasteiger partial charge in [-0.25, -0.2) is 4.79 Å². The monoisotopic (exact) mass is 419 g/mol. The van der Waals surface area contributed by atoms with Crippen molar-refractivity contribution in [2.75, 3.05) is 0 Å². The van der Waals surface area contributed by atoms with Crippen molar-refractivity contribution >= 4 is 27.9 Å². The van der Waals surface area contributed by atoms with Crippen molar-refractivity contribution in [2.24, 2.45) is 5.92 Å². The minimum atomic E-state index is -0.860. The number of aromatic amines is 1. The molecule has 6 nitrogen and oxygen atoms in total. The number of para-hydroxylation sites is 2. The maximum Gasteiger partial charge on any atom is 0.329 e. The van der Waals surface area contributed by atoms with Gasteiger partial charge in [-0.2, -0.15) is 0 Å². The number of aryl methyl sites for hydroxylation is 2. The molecule has 0 aliphatic rings. The third kappa shape index (κ3) is 3.56. The van der Waals surface area contributed by atoms with E-state index in [4.69, 9.17) is 0 Å². The number of aromatic nitrogens is 3. The summed E-state index contributed by atoms with van der Waals surface area (Å²) in [6.07, 6.45) is 3.28. The second-order valence-electron chi connectivity index (χ2n) is 8.50. The summed E-state index contributed by atoms with van der Waals surface area (Å²) in [5.74, 6) is -1.45. The van der Waals surface area contributed by atoms with Crippen LogP contribution < -0.4 is 5.69 Å². The SMILES string of the molecule is CCCC(Cn1c(=O)n(C(C)c2c[nH]c3cc(C)cc(C)c23)c2ccccc21)C(=O)O. The van der Waals surface area contributed by atoms with Crippen molar-refractivity contribution in [3.63, 3.8) is 0 Å². The Bertz CT molecular complexity index is 1330. The third-order valence-electron chi connectivity index (χ3n) is 6.25. The topological polar surface area (TPSA) is 80.0 Å². The average Bonchev–Trinajstić information content (AvgIpc) is 3.26. The summed E-state index contributed by atoms with van der Waals surface area (Å²) in [7, 11) is 0. The van der Waals surface area contributed by atoms with Crippen LogP contribution in [-0.2, 0) is 11.3 Å². The van der Waals surface area contributed by atoms with E-state index in [2.05, 4.69) is 31.0 Å². The van der Waals surface area contributed by atoms with Crippen molar-refractivity contribution in [1.82, 2.24) is 14.1 Å². The number of benzene rings is 2. The first-order valence-corrected chi connectivity index (χ1v) is 10.8. The molecule has 2 heterocycles. The van der Waals surface area contributed by atoms with Crippen LogP contribution in [0.1, 0.15) is 49.4 Å². The highest BCUT2D eigenvalue weighted by Gasteiger charge is 2.25. The van der Waals surface area contributed by atoms with Gasteiger partial charge in [0.1, 0.15) is 0 Å².